The molecule has 1 heterocycles. The zero-order valence-electron chi connectivity index (χ0n) is 12.8. The van der Waals surface area contributed by atoms with Gasteiger partial charge in [-0.15, -0.1) is 0 Å². The molecule has 0 radical (unpaired) electrons. The van der Waals surface area contributed by atoms with E-state index in [1.165, 1.54) is 6.07 Å². The van der Waals surface area contributed by atoms with Gasteiger partial charge in [0.25, 0.3) is 5.69 Å². The van der Waals surface area contributed by atoms with Crippen LogP contribution in [0.5, 0.6) is 0 Å². The van der Waals surface area contributed by atoms with Crippen LogP contribution in [-0.4, -0.2) is 51.2 Å². The maximum atomic E-state index is 11.1. The van der Waals surface area contributed by atoms with Gasteiger partial charge in [0.1, 0.15) is 11.1 Å². The molecule has 1 aliphatic rings. The normalized spacial score (nSPS) is 16.4. The lowest BCUT2D eigenvalue weighted by molar-refractivity contribution is -0.387. The van der Waals surface area contributed by atoms with Crippen molar-refractivity contribution < 1.29 is 9.66 Å². The van der Waals surface area contributed by atoms with Gasteiger partial charge in [-0.3, -0.25) is 10.1 Å². The number of nitrogens with one attached hydrogen (secondary N) is 2. The molecule has 1 aliphatic heterocycles. The molecule has 2 rings (SSSR count). The second kappa shape index (κ2) is 9.40. The van der Waals surface area contributed by atoms with Crippen LogP contribution < -0.4 is 10.0 Å². The number of ether oxygens (including phenoxy) is 1. The number of nitro benzene ring substituents is 1. The van der Waals surface area contributed by atoms with Crippen LogP contribution in [0.15, 0.2) is 29.2 Å². The molecule has 1 aromatic rings. The van der Waals surface area contributed by atoms with Crippen LogP contribution >= 0.6 is 59.0 Å². The van der Waals surface area contributed by atoms with Crippen molar-refractivity contribution in [3.8, 4) is 0 Å². The van der Waals surface area contributed by atoms with Gasteiger partial charge >= 0.3 is 0 Å². The Morgan fingerprint density at radius 1 is 1.36 bits per heavy atom. The van der Waals surface area contributed by atoms with Crippen LogP contribution in [0.2, 0.25) is 0 Å². The number of thiocarbonyl (C=S) groups is 1. The predicted octanol–water partition coefficient (Wildman–Crippen LogP) is 3.09. The summed E-state index contributed by atoms with van der Waals surface area (Å²) in [6.45, 7) is 2.41. The Hall–Kier alpha value is -0.550. The molecule has 7 nitrogen and oxygen atoms in total. The van der Waals surface area contributed by atoms with E-state index in [-0.39, 0.29) is 5.69 Å². The molecule has 2 N–H and O–H groups in total. The van der Waals surface area contributed by atoms with Gasteiger partial charge < -0.3 is 15.0 Å². The standard InChI is InChI=1S/C13H15Cl3N4O3S2/c14-13(15,16)11(17-12(24)19-5-7-23-8-6-19)18-25-10-4-2-1-3-9(10)20(21)22/h1-4,11,18H,5-8H2,(H,17,24)/t11-/m1/s1. The Balaban J connectivity index is 2.03. The van der Waals surface area contributed by atoms with Crippen LogP contribution in [0.1, 0.15) is 0 Å². The summed E-state index contributed by atoms with van der Waals surface area (Å²) in [4.78, 5) is 12.9. The fourth-order valence-electron chi connectivity index (χ4n) is 1.98. The van der Waals surface area contributed by atoms with E-state index >= 15 is 0 Å². The number of halogens is 3. The van der Waals surface area contributed by atoms with Gasteiger partial charge in [0, 0.05) is 19.2 Å². The number of nitrogens with zero attached hydrogens (tertiary/aromatic N) is 2. The van der Waals surface area contributed by atoms with Crippen LogP contribution in [0.4, 0.5) is 5.69 Å². The second-order valence-corrected chi connectivity index (χ2v) is 8.60. The van der Waals surface area contributed by atoms with Crippen molar-refractivity contribution >= 4 is 69.8 Å². The molecule has 0 spiro atoms. The van der Waals surface area contributed by atoms with E-state index in [0.717, 1.165) is 11.9 Å². The van der Waals surface area contributed by atoms with E-state index in [0.29, 0.717) is 36.3 Å². The van der Waals surface area contributed by atoms with E-state index in [1.54, 1.807) is 18.2 Å². The van der Waals surface area contributed by atoms with E-state index < -0.39 is 14.9 Å². The largest absolute Gasteiger partial charge is 0.378 e. The Labute approximate surface area is 169 Å². The predicted molar refractivity (Wildman–Crippen MR) is 104 cm³/mol. The average molecular weight is 446 g/mol. The first-order valence-electron chi connectivity index (χ1n) is 7.14. The van der Waals surface area contributed by atoms with Gasteiger partial charge in [0.2, 0.25) is 3.79 Å². The molecule has 1 aromatic carbocycles. The molecule has 0 aliphatic carbocycles. The highest BCUT2D eigenvalue weighted by atomic mass is 35.6. The summed E-state index contributed by atoms with van der Waals surface area (Å²) in [6.07, 6.45) is -0.863. The number of hydrogen-bond acceptors (Lipinski definition) is 6. The summed E-state index contributed by atoms with van der Waals surface area (Å²) in [7, 11) is 0. The third-order valence-electron chi connectivity index (χ3n) is 3.24. The third-order valence-corrected chi connectivity index (χ3v) is 5.19. The maximum absolute atomic E-state index is 11.1. The highest BCUT2D eigenvalue weighted by Crippen LogP contribution is 2.33. The summed E-state index contributed by atoms with van der Waals surface area (Å²) in [5.74, 6) is 0. The molecular formula is C13H15Cl3N4O3S2. The maximum Gasteiger partial charge on any atom is 0.284 e. The average Bonchev–Trinajstić information content (AvgIpc) is 2.58. The van der Waals surface area contributed by atoms with Crippen molar-refractivity contribution in [1.82, 2.24) is 14.9 Å². The van der Waals surface area contributed by atoms with Gasteiger partial charge in [-0.05, 0) is 30.2 Å². The smallest absolute Gasteiger partial charge is 0.284 e. The number of benzene rings is 1. The zero-order valence-corrected chi connectivity index (χ0v) is 16.7. The highest BCUT2D eigenvalue weighted by molar-refractivity contribution is 7.97. The van der Waals surface area contributed by atoms with Crippen molar-refractivity contribution in [2.24, 2.45) is 0 Å². The minimum atomic E-state index is -1.73. The fraction of sp³-hybridized carbons (Fsp3) is 0.462. The molecular weight excluding hydrogens is 431 g/mol. The van der Waals surface area contributed by atoms with Crippen molar-refractivity contribution in [1.29, 1.82) is 0 Å². The summed E-state index contributed by atoms with van der Waals surface area (Å²) in [5.41, 5.74) is -0.0428. The Morgan fingerprint density at radius 3 is 2.60 bits per heavy atom. The van der Waals surface area contributed by atoms with Gasteiger partial charge in [0.05, 0.1) is 18.1 Å². The topological polar surface area (TPSA) is 79.7 Å². The van der Waals surface area contributed by atoms with Gasteiger partial charge in [0.15, 0.2) is 5.11 Å². The number of morpholine rings is 1. The lowest BCUT2D eigenvalue weighted by atomic mass is 10.3. The Bertz CT molecular complexity index is 627. The van der Waals surface area contributed by atoms with Crippen LogP contribution in [-0.2, 0) is 4.74 Å². The minimum Gasteiger partial charge on any atom is -0.378 e. The highest BCUT2D eigenvalue weighted by Gasteiger charge is 2.34. The number of hydrogen-bond donors (Lipinski definition) is 2. The Kier molecular flexibility index (Phi) is 7.81. The van der Waals surface area contributed by atoms with Crippen LogP contribution in [0.3, 0.4) is 0 Å². The monoisotopic (exact) mass is 444 g/mol. The molecule has 0 saturated carbocycles. The minimum absolute atomic E-state index is 0.0428. The molecule has 1 atom stereocenters. The lowest BCUT2D eigenvalue weighted by Gasteiger charge is -2.33. The quantitative estimate of drug-likeness (QED) is 0.179. The molecule has 1 fully saturated rings. The molecule has 1 saturated heterocycles. The van der Waals surface area contributed by atoms with Gasteiger partial charge in [-0.1, -0.05) is 46.9 Å². The molecule has 0 unspecified atom stereocenters. The molecule has 12 heteroatoms. The SMILES string of the molecule is O=[N+]([O-])c1ccccc1SN[C@@H](NC(=S)N1CCOCC1)C(Cl)(Cl)Cl. The third kappa shape index (κ3) is 6.28. The molecule has 25 heavy (non-hydrogen) atoms. The summed E-state index contributed by atoms with van der Waals surface area (Å²) in [6, 6.07) is 6.28. The zero-order chi connectivity index (χ0) is 18.4. The van der Waals surface area contributed by atoms with E-state index in [2.05, 4.69) is 10.0 Å². The summed E-state index contributed by atoms with van der Waals surface area (Å²) < 4.78 is 6.44. The van der Waals surface area contributed by atoms with E-state index in [4.69, 9.17) is 51.8 Å². The lowest BCUT2D eigenvalue weighted by Crippen LogP contribution is -2.56. The first-order chi connectivity index (χ1) is 11.8. The summed E-state index contributed by atoms with van der Waals surface area (Å²) in [5, 5.41) is 14.4. The van der Waals surface area contributed by atoms with Gasteiger partial charge in [-0.25, -0.2) is 4.72 Å². The first kappa shape index (κ1) is 20.8. The number of para-hydroxylation sites is 1. The molecule has 138 valence electrons. The summed E-state index contributed by atoms with van der Waals surface area (Å²) >= 11 is 24.4. The fourth-order valence-corrected chi connectivity index (χ4v) is 3.67. The van der Waals surface area contributed by atoms with Crippen molar-refractivity contribution in [2.75, 3.05) is 26.3 Å². The number of rotatable bonds is 5. The van der Waals surface area contributed by atoms with Gasteiger partial charge in [-0.2, -0.15) is 0 Å². The first-order valence-corrected chi connectivity index (χ1v) is 9.50. The molecule has 0 bridgehead atoms. The van der Waals surface area contributed by atoms with Crippen molar-refractivity contribution in [3.63, 3.8) is 0 Å². The Morgan fingerprint density at radius 2 is 2.00 bits per heavy atom. The molecule has 0 aromatic heterocycles. The van der Waals surface area contributed by atoms with E-state index in [9.17, 15) is 10.1 Å². The van der Waals surface area contributed by atoms with E-state index in [1.807, 2.05) is 4.90 Å². The van der Waals surface area contributed by atoms with Crippen LogP contribution in [0, 0.1) is 10.1 Å². The number of nitro groups is 1. The second-order valence-electron chi connectivity index (χ2n) is 4.97. The molecule has 0 amide bonds. The van der Waals surface area contributed by atoms with Crippen LogP contribution in [0.25, 0.3) is 0 Å². The van der Waals surface area contributed by atoms with Crippen molar-refractivity contribution in [2.45, 2.75) is 14.9 Å². The van der Waals surface area contributed by atoms with Crippen molar-refractivity contribution in [3.05, 3.63) is 34.4 Å². The number of alkyl halides is 3.